The number of nitrogens with zero attached hydrogens (tertiary/aromatic N) is 2. The van der Waals surface area contributed by atoms with Gasteiger partial charge in [0.1, 0.15) is 11.5 Å². The Morgan fingerprint density at radius 1 is 1.22 bits per heavy atom. The summed E-state index contributed by atoms with van der Waals surface area (Å²) in [4.78, 5) is 36.0. The van der Waals surface area contributed by atoms with Crippen LogP contribution in [0.25, 0.3) is 0 Å². The summed E-state index contributed by atoms with van der Waals surface area (Å²) in [5.74, 6) is -2.02. The lowest BCUT2D eigenvalue weighted by Crippen LogP contribution is -2.45. The van der Waals surface area contributed by atoms with Crippen LogP contribution in [0.4, 0.5) is 4.39 Å². The Morgan fingerprint density at radius 3 is 2.41 bits per heavy atom. The Bertz CT molecular complexity index is 742. The summed E-state index contributed by atoms with van der Waals surface area (Å²) < 4.78 is 13.0. The highest BCUT2D eigenvalue weighted by atomic mass is 19.1. The lowest BCUT2D eigenvalue weighted by Gasteiger charge is -2.28. The number of carboxylic acids is 1. The third-order valence-electron chi connectivity index (χ3n) is 5.01. The molecule has 0 aliphatic carbocycles. The van der Waals surface area contributed by atoms with Gasteiger partial charge in [-0.05, 0) is 30.5 Å². The third kappa shape index (κ3) is 4.90. The van der Waals surface area contributed by atoms with Gasteiger partial charge in [-0.3, -0.25) is 14.4 Å². The second kappa shape index (κ2) is 8.75. The molecule has 0 saturated carbocycles. The molecule has 0 spiro atoms. The van der Waals surface area contributed by atoms with Gasteiger partial charge in [0.05, 0.1) is 12.0 Å². The molecule has 0 fully saturated rings. The minimum Gasteiger partial charge on any atom is -0.481 e. The summed E-state index contributed by atoms with van der Waals surface area (Å²) in [6.07, 6.45) is 1.11. The monoisotopic (exact) mass is 377 g/mol. The zero-order valence-electron chi connectivity index (χ0n) is 15.5. The molecule has 1 heterocycles. The summed E-state index contributed by atoms with van der Waals surface area (Å²) >= 11 is 0. The Labute approximate surface area is 157 Å². The number of hydrogen-bond donors (Lipinski definition) is 2. The molecule has 146 valence electrons. The largest absolute Gasteiger partial charge is 0.481 e. The van der Waals surface area contributed by atoms with Crippen molar-refractivity contribution >= 4 is 23.5 Å². The van der Waals surface area contributed by atoms with Crippen molar-refractivity contribution in [1.29, 1.82) is 0 Å². The van der Waals surface area contributed by atoms with E-state index in [1.165, 1.54) is 17.1 Å². The zero-order valence-corrected chi connectivity index (χ0v) is 15.5. The molecule has 0 radical (unpaired) electrons. The van der Waals surface area contributed by atoms with E-state index in [4.69, 9.17) is 0 Å². The Balaban J connectivity index is 2.07. The maximum absolute atomic E-state index is 13.0. The van der Waals surface area contributed by atoms with Gasteiger partial charge in [-0.2, -0.15) is 5.10 Å². The first-order valence-corrected chi connectivity index (χ1v) is 8.95. The van der Waals surface area contributed by atoms with Crippen LogP contribution < -0.4 is 5.32 Å². The van der Waals surface area contributed by atoms with E-state index < -0.39 is 17.3 Å². The highest BCUT2D eigenvalue weighted by Gasteiger charge is 2.36. The van der Waals surface area contributed by atoms with Gasteiger partial charge in [0.25, 0.3) is 5.91 Å². The molecule has 2 N–H and O–H groups in total. The number of amides is 2. The molecule has 1 aromatic carbocycles. The van der Waals surface area contributed by atoms with Crippen molar-refractivity contribution in [3.05, 3.63) is 35.6 Å². The quantitative estimate of drug-likeness (QED) is 0.726. The lowest BCUT2D eigenvalue weighted by atomic mass is 9.82. The summed E-state index contributed by atoms with van der Waals surface area (Å²) in [6.45, 7) is 3.67. The summed E-state index contributed by atoms with van der Waals surface area (Å²) in [6, 6.07) is 5.69. The van der Waals surface area contributed by atoms with Gasteiger partial charge in [0.15, 0.2) is 0 Å². The van der Waals surface area contributed by atoms with E-state index in [9.17, 15) is 23.9 Å². The number of halogens is 1. The Hall–Kier alpha value is -2.77. The summed E-state index contributed by atoms with van der Waals surface area (Å²) in [7, 11) is 0. The topological polar surface area (TPSA) is 99.1 Å². The van der Waals surface area contributed by atoms with Crippen molar-refractivity contribution in [1.82, 2.24) is 10.3 Å². The first kappa shape index (κ1) is 20.5. The van der Waals surface area contributed by atoms with E-state index in [1.54, 1.807) is 26.0 Å². The maximum Gasteiger partial charge on any atom is 0.311 e. The van der Waals surface area contributed by atoms with E-state index >= 15 is 0 Å². The Morgan fingerprint density at radius 2 is 1.85 bits per heavy atom. The number of rotatable bonds is 8. The van der Waals surface area contributed by atoms with E-state index in [2.05, 4.69) is 10.4 Å². The molecular formula is C19H24FN3O4. The summed E-state index contributed by atoms with van der Waals surface area (Å²) in [5.41, 5.74) is -0.144. The van der Waals surface area contributed by atoms with E-state index in [0.29, 0.717) is 18.4 Å². The average molecular weight is 377 g/mol. The van der Waals surface area contributed by atoms with Crippen LogP contribution in [0.3, 0.4) is 0 Å². The average Bonchev–Trinajstić information content (AvgIpc) is 2.66. The fraction of sp³-hybridized carbons (Fsp3) is 0.474. The molecule has 0 atom stereocenters. The predicted molar refractivity (Wildman–Crippen MR) is 97.3 cm³/mol. The van der Waals surface area contributed by atoms with Crippen LogP contribution in [0.1, 0.15) is 45.1 Å². The molecule has 1 aliphatic heterocycles. The molecule has 27 heavy (non-hydrogen) atoms. The Kier molecular flexibility index (Phi) is 6.65. The molecular weight excluding hydrogens is 353 g/mol. The van der Waals surface area contributed by atoms with Crippen LogP contribution in [0, 0.1) is 11.2 Å². The smallest absolute Gasteiger partial charge is 0.311 e. The molecule has 1 aromatic rings. The molecule has 0 aromatic heterocycles. The SMILES string of the molecule is CCC(CC)(CNC(=O)C1=NN(Cc2ccc(F)cc2)C(=O)CC1)C(=O)O. The number of nitrogens with one attached hydrogen (secondary N) is 1. The van der Waals surface area contributed by atoms with Crippen LogP contribution in [0.5, 0.6) is 0 Å². The van der Waals surface area contributed by atoms with Crippen molar-refractivity contribution in [3.8, 4) is 0 Å². The van der Waals surface area contributed by atoms with Gasteiger partial charge >= 0.3 is 5.97 Å². The molecule has 0 saturated heterocycles. The third-order valence-corrected chi connectivity index (χ3v) is 5.01. The first-order valence-electron chi connectivity index (χ1n) is 8.95. The van der Waals surface area contributed by atoms with Gasteiger partial charge in [0.2, 0.25) is 5.91 Å². The number of hydrogen-bond acceptors (Lipinski definition) is 4. The maximum atomic E-state index is 13.0. The molecule has 8 heteroatoms. The zero-order chi connectivity index (χ0) is 20.0. The molecule has 0 unspecified atom stereocenters. The van der Waals surface area contributed by atoms with Crippen LogP contribution in [0.2, 0.25) is 0 Å². The minimum atomic E-state index is -1.02. The fourth-order valence-corrected chi connectivity index (χ4v) is 2.88. The molecule has 2 amide bonds. The second-order valence-electron chi connectivity index (χ2n) is 6.60. The van der Waals surface area contributed by atoms with Crippen molar-refractivity contribution in [2.75, 3.05) is 6.54 Å². The van der Waals surface area contributed by atoms with Crippen LogP contribution in [0.15, 0.2) is 29.4 Å². The molecule has 2 rings (SSSR count). The molecule has 7 nitrogen and oxygen atoms in total. The first-order chi connectivity index (χ1) is 12.8. The van der Waals surface area contributed by atoms with Gasteiger partial charge in [-0.25, -0.2) is 9.40 Å². The second-order valence-corrected chi connectivity index (χ2v) is 6.60. The highest BCUT2D eigenvalue weighted by molar-refractivity contribution is 6.39. The van der Waals surface area contributed by atoms with Crippen molar-refractivity contribution in [2.45, 2.75) is 46.1 Å². The molecule has 0 bridgehead atoms. The lowest BCUT2D eigenvalue weighted by molar-refractivity contribution is -0.149. The van der Waals surface area contributed by atoms with Crippen molar-refractivity contribution in [3.63, 3.8) is 0 Å². The number of carbonyl (C=O) groups is 3. The number of benzene rings is 1. The number of carbonyl (C=O) groups excluding carboxylic acids is 2. The normalized spacial score (nSPS) is 14.7. The van der Waals surface area contributed by atoms with Gasteiger partial charge in [-0.15, -0.1) is 0 Å². The van der Waals surface area contributed by atoms with Crippen molar-refractivity contribution in [2.24, 2.45) is 10.5 Å². The van der Waals surface area contributed by atoms with Crippen LogP contribution in [-0.2, 0) is 20.9 Å². The number of aliphatic carboxylic acids is 1. The van der Waals surface area contributed by atoms with E-state index in [0.717, 1.165) is 0 Å². The standard InChI is InChI=1S/C19H24FN3O4/c1-3-19(4-2,18(26)27)12-21-17(25)15-9-10-16(24)23(22-15)11-13-5-7-14(20)8-6-13/h5-8H,3-4,9-12H2,1-2H3,(H,21,25)(H,26,27). The van der Waals surface area contributed by atoms with Gasteiger partial charge in [-0.1, -0.05) is 26.0 Å². The number of hydrazone groups is 1. The highest BCUT2D eigenvalue weighted by Crippen LogP contribution is 2.25. The van der Waals surface area contributed by atoms with Crippen LogP contribution >= 0.6 is 0 Å². The minimum absolute atomic E-state index is 0.000898. The van der Waals surface area contributed by atoms with Gasteiger partial charge in [0, 0.05) is 19.4 Å². The number of carboxylic acid groups (broad SMARTS) is 1. The van der Waals surface area contributed by atoms with Crippen LogP contribution in [-0.4, -0.2) is 40.2 Å². The summed E-state index contributed by atoms with van der Waals surface area (Å²) in [5, 5.41) is 17.4. The van der Waals surface area contributed by atoms with E-state index in [1.807, 2.05) is 0 Å². The fourth-order valence-electron chi connectivity index (χ4n) is 2.88. The molecule has 1 aliphatic rings. The van der Waals surface area contributed by atoms with E-state index in [-0.39, 0.29) is 43.4 Å². The predicted octanol–water partition coefficient (Wildman–Crippen LogP) is 2.31. The van der Waals surface area contributed by atoms with Gasteiger partial charge < -0.3 is 10.4 Å². The van der Waals surface area contributed by atoms with Crippen molar-refractivity contribution < 1.29 is 23.9 Å².